The van der Waals surface area contributed by atoms with E-state index in [1.807, 2.05) is 12.1 Å². The van der Waals surface area contributed by atoms with Gasteiger partial charge in [-0.15, -0.1) is 0 Å². The second-order valence-corrected chi connectivity index (χ2v) is 10.8. The second kappa shape index (κ2) is 8.75. The van der Waals surface area contributed by atoms with Gasteiger partial charge < -0.3 is 4.90 Å². The quantitative estimate of drug-likeness (QED) is 0.428. The van der Waals surface area contributed by atoms with Gasteiger partial charge in [0, 0.05) is 16.1 Å². The molecule has 0 radical (unpaired) electrons. The van der Waals surface area contributed by atoms with Crippen molar-refractivity contribution in [2.24, 2.45) is 5.92 Å². The van der Waals surface area contributed by atoms with Crippen LogP contribution in [-0.2, 0) is 14.8 Å². The van der Waals surface area contributed by atoms with Crippen LogP contribution in [-0.4, -0.2) is 36.4 Å². The highest BCUT2D eigenvalue weighted by Crippen LogP contribution is 2.43. The monoisotopic (exact) mass is 512 g/mol. The maximum atomic E-state index is 13.5. The van der Waals surface area contributed by atoms with Crippen LogP contribution >= 0.6 is 11.6 Å². The van der Waals surface area contributed by atoms with E-state index in [9.17, 15) is 17.6 Å². The number of aromatic nitrogens is 2. The number of carbonyl (C=O) groups excluding carboxylic acids is 1. The number of rotatable bonds is 5. The zero-order valence-corrected chi connectivity index (χ0v) is 20.5. The average molecular weight is 513 g/mol. The molecule has 3 atom stereocenters. The Morgan fingerprint density at radius 1 is 1.03 bits per heavy atom. The van der Waals surface area contributed by atoms with Gasteiger partial charge in [0.15, 0.2) is 0 Å². The Balaban J connectivity index is 1.62. The van der Waals surface area contributed by atoms with Gasteiger partial charge in [-0.3, -0.25) is 4.79 Å². The molecule has 5 rings (SSSR count). The number of halogens is 2. The van der Waals surface area contributed by atoms with E-state index in [0.717, 1.165) is 17.2 Å². The van der Waals surface area contributed by atoms with Crippen LogP contribution in [0, 0.1) is 11.7 Å². The van der Waals surface area contributed by atoms with E-state index in [2.05, 4.69) is 9.82 Å². The molecule has 1 N–H and O–H groups in total. The van der Waals surface area contributed by atoms with Crippen LogP contribution in [0.15, 0.2) is 72.9 Å². The molecule has 10 heteroatoms. The first kappa shape index (κ1) is 23.5. The Morgan fingerprint density at radius 2 is 1.71 bits per heavy atom. The van der Waals surface area contributed by atoms with Crippen LogP contribution in [0.4, 0.5) is 10.1 Å². The van der Waals surface area contributed by atoms with E-state index < -0.39 is 28.0 Å². The van der Waals surface area contributed by atoms with Crippen LogP contribution in [0.2, 0.25) is 5.02 Å². The summed E-state index contributed by atoms with van der Waals surface area (Å²) >= 11 is 6.51. The van der Waals surface area contributed by atoms with Crippen molar-refractivity contribution in [2.75, 3.05) is 11.2 Å². The lowest BCUT2D eigenvalue weighted by atomic mass is 9.95. The van der Waals surface area contributed by atoms with E-state index in [1.165, 1.54) is 12.1 Å². The molecular formula is C25H22ClFN4O3S. The summed E-state index contributed by atoms with van der Waals surface area (Å²) in [6.45, 7) is 1.71. The van der Waals surface area contributed by atoms with Gasteiger partial charge in [0.1, 0.15) is 5.82 Å². The van der Waals surface area contributed by atoms with Crippen LogP contribution in [0.25, 0.3) is 16.6 Å². The number of nitrogens with one attached hydrogen (secondary N) is 1. The average Bonchev–Trinajstić information content (AvgIpc) is 3.33. The molecule has 4 aromatic rings. The first-order valence-corrected chi connectivity index (χ1v) is 13.2. The van der Waals surface area contributed by atoms with E-state index in [1.54, 1.807) is 65.2 Å². The predicted octanol–water partition coefficient (Wildman–Crippen LogP) is 4.46. The lowest BCUT2D eigenvalue weighted by Crippen LogP contribution is -2.41. The summed E-state index contributed by atoms with van der Waals surface area (Å²) in [7, 11) is -3.60. The van der Waals surface area contributed by atoms with Gasteiger partial charge >= 0.3 is 0 Å². The number of hydrogen-bond acceptors (Lipinski definition) is 4. The molecule has 180 valence electrons. The van der Waals surface area contributed by atoms with Crippen molar-refractivity contribution in [2.45, 2.75) is 19.0 Å². The lowest BCUT2D eigenvalue weighted by molar-refractivity contribution is -0.120. The molecule has 0 saturated carbocycles. The summed E-state index contributed by atoms with van der Waals surface area (Å²) in [6, 6.07) is 17.2. The van der Waals surface area contributed by atoms with Gasteiger partial charge in [-0.2, -0.15) is 5.10 Å². The van der Waals surface area contributed by atoms with E-state index in [-0.39, 0.29) is 11.7 Å². The zero-order chi connectivity index (χ0) is 24.9. The van der Waals surface area contributed by atoms with Crippen LogP contribution in [0.1, 0.15) is 18.5 Å². The summed E-state index contributed by atoms with van der Waals surface area (Å²) in [4.78, 5) is 15.1. The third-order valence-corrected chi connectivity index (χ3v) is 7.30. The molecule has 1 aliphatic heterocycles. The maximum absolute atomic E-state index is 13.5. The van der Waals surface area contributed by atoms with Crippen LogP contribution in [0.3, 0.4) is 0 Å². The Kier molecular flexibility index (Phi) is 5.86. The molecule has 1 aromatic heterocycles. The first-order valence-electron chi connectivity index (χ1n) is 10.9. The molecule has 1 amide bonds. The number of hydrogen-bond donors (Lipinski definition) is 1. The molecule has 0 bridgehead atoms. The van der Waals surface area contributed by atoms with E-state index in [4.69, 9.17) is 11.6 Å². The highest BCUT2D eigenvalue weighted by Gasteiger charge is 2.48. The zero-order valence-electron chi connectivity index (χ0n) is 18.9. The van der Waals surface area contributed by atoms with Gasteiger partial charge in [-0.25, -0.2) is 22.2 Å². The smallest absolute Gasteiger partial charge is 0.232 e. The SMILES string of the molecule is C[C@H]1C(=O)N(c2ccc3c(cnn3-c3ccc(F)cc3)c2)C(c2ccccc2Cl)[C@H]1NS(C)(=O)=O. The third kappa shape index (κ3) is 4.31. The standard InChI is InChI=1S/C25H22ClFN4O3S/c1-15-23(29-35(2,33)34)24(20-5-3-4-6-21(20)26)30(25(15)32)19-11-12-22-16(13-19)14-28-31(22)18-9-7-17(27)8-10-18/h3-15,23-24,29H,1-2H3/t15-,23+,24?/m1/s1. The largest absolute Gasteiger partial charge is 0.303 e. The molecule has 1 aliphatic rings. The topological polar surface area (TPSA) is 84.3 Å². The Hall–Kier alpha value is -3.27. The van der Waals surface area contributed by atoms with Gasteiger partial charge in [-0.1, -0.05) is 36.7 Å². The number of amides is 1. The van der Waals surface area contributed by atoms with Crippen LogP contribution < -0.4 is 9.62 Å². The fourth-order valence-corrected chi connectivity index (χ4v) is 5.73. The van der Waals surface area contributed by atoms with Gasteiger partial charge in [-0.05, 0) is 54.1 Å². The number of benzene rings is 3. The van der Waals surface area contributed by atoms with Crippen molar-refractivity contribution in [3.8, 4) is 5.69 Å². The van der Waals surface area contributed by atoms with Crippen molar-refractivity contribution in [3.05, 3.63) is 89.3 Å². The van der Waals surface area contributed by atoms with E-state index in [0.29, 0.717) is 22.0 Å². The predicted molar refractivity (Wildman–Crippen MR) is 134 cm³/mol. The third-order valence-electron chi connectivity index (χ3n) is 6.26. The normalized spacial score (nSPS) is 20.6. The van der Waals surface area contributed by atoms with Crippen molar-refractivity contribution in [1.82, 2.24) is 14.5 Å². The molecule has 7 nitrogen and oxygen atoms in total. The summed E-state index contributed by atoms with van der Waals surface area (Å²) in [5.74, 6) is -1.18. The second-order valence-electron chi connectivity index (χ2n) is 8.65. The highest BCUT2D eigenvalue weighted by molar-refractivity contribution is 7.88. The highest BCUT2D eigenvalue weighted by atomic mass is 35.5. The summed E-state index contributed by atoms with van der Waals surface area (Å²) in [5.41, 5.74) is 2.72. The Labute approximate surface area is 207 Å². The minimum atomic E-state index is -3.60. The molecule has 1 fully saturated rings. The van der Waals surface area contributed by atoms with Crippen molar-refractivity contribution in [3.63, 3.8) is 0 Å². The van der Waals surface area contributed by atoms with Gasteiger partial charge in [0.25, 0.3) is 0 Å². The maximum Gasteiger partial charge on any atom is 0.232 e. The number of nitrogens with zero attached hydrogens (tertiary/aromatic N) is 3. The molecular weight excluding hydrogens is 491 g/mol. The molecule has 3 aromatic carbocycles. The lowest BCUT2D eigenvalue weighted by Gasteiger charge is -2.29. The number of anilines is 1. The Morgan fingerprint density at radius 3 is 2.40 bits per heavy atom. The summed E-state index contributed by atoms with van der Waals surface area (Å²) in [6.07, 6.45) is 2.75. The fourth-order valence-electron chi connectivity index (χ4n) is 4.65. The van der Waals surface area contributed by atoms with Gasteiger partial charge in [0.05, 0.1) is 41.7 Å². The van der Waals surface area contributed by atoms with E-state index >= 15 is 0 Å². The minimum Gasteiger partial charge on any atom is -0.303 e. The van der Waals surface area contributed by atoms with Crippen molar-refractivity contribution >= 4 is 44.1 Å². The van der Waals surface area contributed by atoms with Gasteiger partial charge in [0.2, 0.25) is 15.9 Å². The molecule has 2 heterocycles. The molecule has 35 heavy (non-hydrogen) atoms. The first-order chi connectivity index (χ1) is 16.6. The molecule has 1 saturated heterocycles. The van der Waals surface area contributed by atoms with Crippen molar-refractivity contribution in [1.29, 1.82) is 0 Å². The molecule has 0 spiro atoms. The number of sulfonamides is 1. The minimum absolute atomic E-state index is 0.221. The molecule has 1 unspecified atom stereocenters. The number of fused-ring (bicyclic) bond motifs is 1. The number of carbonyl (C=O) groups is 1. The van der Waals surface area contributed by atoms with Crippen LogP contribution in [0.5, 0.6) is 0 Å². The fraction of sp³-hybridized carbons (Fsp3) is 0.200. The van der Waals surface area contributed by atoms with Crippen molar-refractivity contribution < 1.29 is 17.6 Å². The summed E-state index contributed by atoms with van der Waals surface area (Å²) in [5, 5.41) is 5.64. The molecule has 0 aliphatic carbocycles. The summed E-state index contributed by atoms with van der Waals surface area (Å²) < 4.78 is 42.0. The Bertz CT molecular complexity index is 1540.